The molecule has 1 fully saturated rings. The Morgan fingerprint density at radius 1 is 1.60 bits per heavy atom. The summed E-state index contributed by atoms with van der Waals surface area (Å²) < 4.78 is 0. The minimum absolute atomic E-state index is 0.305. The number of aliphatic hydroxyl groups is 1. The number of hydrogen-bond acceptors (Lipinski definition) is 2. The van der Waals surface area contributed by atoms with Gasteiger partial charge in [-0.15, -0.1) is 0 Å². The summed E-state index contributed by atoms with van der Waals surface area (Å²) in [6.45, 7) is 5.84. The first-order valence-corrected chi connectivity index (χ1v) is 4.00. The molecule has 2 N–H and O–H groups in total. The molecule has 0 unspecified atom stereocenters. The SMILES string of the molecule is CC1(C)C[C@H](CCO)CN1. The normalized spacial score (nSPS) is 30.9. The van der Waals surface area contributed by atoms with Crippen LogP contribution in [-0.2, 0) is 0 Å². The van der Waals surface area contributed by atoms with Gasteiger partial charge < -0.3 is 10.4 Å². The quantitative estimate of drug-likeness (QED) is 0.598. The van der Waals surface area contributed by atoms with E-state index in [1.807, 2.05) is 0 Å². The van der Waals surface area contributed by atoms with Gasteiger partial charge in [0.1, 0.15) is 0 Å². The first-order chi connectivity index (χ1) is 4.64. The van der Waals surface area contributed by atoms with Crippen molar-refractivity contribution in [1.29, 1.82) is 0 Å². The Kier molecular flexibility index (Phi) is 2.32. The third-order valence-corrected chi connectivity index (χ3v) is 2.21. The molecule has 1 rings (SSSR count). The van der Waals surface area contributed by atoms with Crippen LogP contribution in [0.5, 0.6) is 0 Å². The summed E-state index contributed by atoms with van der Waals surface area (Å²) in [5.74, 6) is 0.694. The second-order valence-electron chi connectivity index (χ2n) is 3.85. The smallest absolute Gasteiger partial charge is 0.0434 e. The van der Waals surface area contributed by atoms with Crippen LogP contribution in [0.1, 0.15) is 26.7 Å². The highest BCUT2D eigenvalue weighted by Crippen LogP contribution is 2.24. The summed E-state index contributed by atoms with van der Waals surface area (Å²) in [6.07, 6.45) is 2.16. The Labute approximate surface area is 62.6 Å². The highest BCUT2D eigenvalue weighted by molar-refractivity contribution is 4.88. The van der Waals surface area contributed by atoms with Gasteiger partial charge in [0.15, 0.2) is 0 Å². The van der Waals surface area contributed by atoms with Gasteiger partial charge in [-0.2, -0.15) is 0 Å². The fraction of sp³-hybridized carbons (Fsp3) is 1.00. The number of hydrogen-bond donors (Lipinski definition) is 2. The van der Waals surface area contributed by atoms with Crippen LogP contribution >= 0.6 is 0 Å². The molecule has 2 heteroatoms. The Balaban J connectivity index is 2.29. The lowest BCUT2D eigenvalue weighted by Gasteiger charge is -2.16. The molecule has 0 aliphatic carbocycles. The minimum atomic E-state index is 0.305. The summed E-state index contributed by atoms with van der Waals surface area (Å²) in [4.78, 5) is 0. The third kappa shape index (κ3) is 1.96. The molecule has 0 aromatic rings. The topological polar surface area (TPSA) is 32.3 Å². The molecule has 0 spiro atoms. The van der Waals surface area contributed by atoms with Crippen LogP contribution < -0.4 is 5.32 Å². The summed E-state index contributed by atoms with van der Waals surface area (Å²) >= 11 is 0. The van der Waals surface area contributed by atoms with Crippen LogP contribution in [0.15, 0.2) is 0 Å². The van der Waals surface area contributed by atoms with Crippen molar-refractivity contribution in [2.75, 3.05) is 13.2 Å². The van der Waals surface area contributed by atoms with Gasteiger partial charge in [-0.05, 0) is 39.2 Å². The van der Waals surface area contributed by atoms with E-state index in [1.54, 1.807) is 0 Å². The van der Waals surface area contributed by atoms with E-state index in [0.717, 1.165) is 13.0 Å². The van der Waals surface area contributed by atoms with E-state index in [9.17, 15) is 0 Å². The standard InChI is InChI=1S/C8H17NO/c1-8(2)5-7(3-4-10)6-9-8/h7,9-10H,3-6H2,1-2H3/t7-/m0/s1. The average molecular weight is 143 g/mol. The summed E-state index contributed by atoms with van der Waals surface area (Å²) in [5, 5.41) is 12.1. The molecular formula is C8H17NO. The zero-order chi connectivity index (χ0) is 7.61. The summed E-state index contributed by atoms with van der Waals surface area (Å²) in [7, 11) is 0. The van der Waals surface area contributed by atoms with Gasteiger partial charge in [0.2, 0.25) is 0 Å². The van der Waals surface area contributed by atoms with E-state index in [1.165, 1.54) is 6.42 Å². The van der Waals surface area contributed by atoms with Crippen molar-refractivity contribution in [1.82, 2.24) is 5.32 Å². The van der Waals surface area contributed by atoms with Gasteiger partial charge in [0.25, 0.3) is 0 Å². The van der Waals surface area contributed by atoms with Gasteiger partial charge in [0, 0.05) is 12.1 Å². The Hall–Kier alpha value is -0.0800. The molecule has 1 aliphatic rings. The lowest BCUT2D eigenvalue weighted by Crippen LogP contribution is -2.31. The maximum atomic E-state index is 8.67. The van der Waals surface area contributed by atoms with Crippen molar-refractivity contribution in [3.8, 4) is 0 Å². The van der Waals surface area contributed by atoms with Gasteiger partial charge in [0.05, 0.1) is 0 Å². The molecule has 60 valence electrons. The fourth-order valence-electron chi connectivity index (χ4n) is 1.67. The van der Waals surface area contributed by atoms with Crippen molar-refractivity contribution >= 4 is 0 Å². The molecule has 2 nitrogen and oxygen atoms in total. The molecule has 1 saturated heterocycles. The van der Waals surface area contributed by atoms with Gasteiger partial charge in [-0.3, -0.25) is 0 Å². The van der Waals surface area contributed by atoms with Crippen molar-refractivity contribution in [3.63, 3.8) is 0 Å². The molecule has 1 aliphatic heterocycles. The number of aliphatic hydroxyl groups excluding tert-OH is 1. The van der Waals surface area contributed by atoms with E-state index in [0.29, 0.717) is 18.1 Å². The van der Waals surface area contributed by atoms with Crippen molar-refractivity contribution in [2.24, 2.45) is 5.92 Å². The van der Waals surface area contributed by atoms with E-state index in [4.69, 9.17) is 5.11 Å². The van der Waals surface area contributed by atoms with E-state index < -0.39 is 0 Å². The van der Waals surface area contributed by atoms with Crippen LogP contribution in [0.25, 0.3) is 0 Å². The lowest BCUT2D eigenvalue weighted by atomic mass is 9.95. The molecule has 0 radical (unpaired) electrons. The predicted molar refractivity (Wildman–Crippen MR) is 41.9 cm³/mol. The second kappa shape index (κ2) is 2.89. The molecule has 0 aromatic heterocycles. The van der Waals surface area contributed by atoms with E-state index >= 15 is 0 Å². The highest BCUT2D eigenvalue weighted by Gasteiger charge is 2.29. The van der Waals surface area contributed by atoms with Crippen LogP contribution in [0.3, 0.4) is 0 Å². The maximum Gasteiger partial charge on any atom is 0.0434 e. The molecule has 0 saturated carbocycles. The van der Waals surface area contributed by atoms with Crippen LogP contribution in [0, 0.1) is 5.92 Å². The van der Waals surface area contributed by atoms with Gasteiger partial charge in [-0.25, -0.2) is 0 Å². The predicted octanol–water partition coefficient (Wildman–Crippen LogP) is 0.757. The fourth-order valence-corrected chi connectivity index (χ4v) is 1.67. The second-order valence-corrected chi connectivity index (χ2v) is 3.85. The minimum Gasteiger partial charge on any atom is -0.396 e. The molecule has 10 heavy (non-hydrogen) atoms. The molecule has 1 heterocycles. The van der Waals surface area contributed by atoms with Crippen LogP contribution in [0.2, 0.25) is 0 Å². The Morgan fingerprint density at radius 3 is 2.70 bits per heavy atom. The Morgan fingerprint density at radius 2 is 2.30 bits per heavy atom. The van der Waals surface area contributed by atoms with Crippen molar-refractivity contribution in [2.45, 2.75) is 32.2 Å². The summed E-state index contributed by atoms with van der Waals surface area (Å²) in [6, 6.07) is 0. The van der Waals surface area contributed by atoms with Gasteiger partial charge in [-0.1, -0.05) is 0 Å². The molecule has 0 aromatic carbocycles. The average Bonchev–Trinajstić information content (AvgIpc) is 2.12. The molecule has 1 atom stereocenters. The monoisotopic (exact) mass is 143 g/mol. The highest BCUT2D eigenvalue weighted by atomic mass is 16.3. The van der Waals surface area contributed by atoms with E-state index in [2.05, 4.69) is 19.2 Å². The number of nitrogens with one attached hydrogen (secondary N) is 1. The zero-order valence-corrected chi connectivity index (χ0v) is 6.85. The van der Waals surface area contributed by atoms with Crippen LogP contribution in [0.4, 0.5) is 0 Å². The zero-order valence-electron chi connectivity index (χ0n) is 6.85. The third-order valence-electron chi connectivity index (χ3n) is 2.21. The Bertz CT molecular complexity index is 112. The number of rotatable bonds is 2. The van der Waals surface area contributed by atoms with Crippen molar-refractivity contribution in [3.05, 3.63) is 0 Å². The van der Waals surface area contributed by atoms with E-state index in [-0.39, 0.29) is 0 Å². The largest absolute Gasteiger partial charge is 0.396 e. The summed E-state index contributed by atoms with van der Waals surface area (Å²) in [5.41, 5.74) is 0.305. The van der Waals surface area contributed by atoms with Crippen molar-refractivity contribution < 1.29 is 5.11 Å². The molecule has 0 bridgehead atoms. The van der Waals surface area contributed by atoms with Crippen LogP contribution in [-0.4, -0.2) is 23.8 Å². The van der Waals surface area contributed by atoms with Gasteiger partial charge >= 0.3 is 0 Å². The first-order valence-electron chi connectivity index (χ1n) is 4.00. The first kappa shape index (κ1) is 8.02. The maximum absolute atomic E-state index is 8.67. The molecule has 0 amide bonds. The molecular weight excluding hydrogens is 126 g/mol. The lowest BCUT2D eigenvalue weighted by molar-refractivity contribution is 0.259.